The summed E-state index contributed by atoms with van der Waals surface area (Å²) in [6.45, 7) is -0.119. The average molecular weight is 274 g/mol. The first-order valence-corrected chi connectivity index (χ1v) is 5.16. The third-order valence-corrected chi connectivity index (χ3v) is 2.33. The molecule has 7 heteroatoms. The van der Waals surface area contributed by atoms with Crippen LogP contribution in [-0.4, -0.2) is 4.98 Å². The first-order valence-electron chi connectivity index (χ1n) is 5.16. The van der Waals surface area contributed by atoms with Gasteiger partial charge >= 0.3 is 0 Å². The second kappa shape index (κ2) is 5.21. The summed E-state index contributed by atoms with van der Waals surface area (Å²) in [6, 6.07) is 3.42. The number of nitrogens with zero attached hydrogens (tertiary/aromatic N) is 1. The molecule has 0 aliphatic rings. The second-order valence-corrected chi connectivity index (χ2v) is 3.69. The van der Waals surface area contributed by atoms with Crippen LogP contribution in [0.25, 0.3) is 0 Å². The number of aromatic nitrogens is 1. The molecular formula is C12H7F5N2. The van der Waals surface area contributed by atoms with Gasteiger partial charge in [-0.05, 0) is 17.7 Å². The summed E-state index contributed by atoms with van der Waals surface area (Å²) >= 11 is 0. The van der Waals surface area contributed by atoms with Gasteiger partial charge in [-0.3, -0.25) is 0 Å². The molecule has 0 radical (unpaired) electrons. The van der Waals surface area contributed by atoms with Crippen molar-refractivity contribution in [3.63, 3.8) is 0 Å². The van der Waals surface area contributed by atoms with Crippen molar-refractivity contribution in [1.82, 2.24) is 4.98 Å². The molecule has 2 rings (SSSR count). The Kier molecular flexibility index (Phi) is 3.64. The van der Waals surface area contributed by atoms with Crippen molar-refractivity contribution >= 4 is 5.82 Å². The van der Waals surface area contributed by atoms with Crippen LogP contribution in [0.5, 0.6) is 0 Å². The van der Waals surface area contributed by atoms with Gasteiger partial charge in [0.05, 0.1) is 0 Å². The van der Waals surface area contributed by atoms with E-state index in [4.69, 9.17) is 0 Å². The maximum absolute atomic E-state index is 13.2. The van der Waals surface area contributed by atoms with E-state index in [1.54, 1.807) is 0 Å². The molecule has 0 aliphatic carbocycles. The Morgan fingerprint density at radius 3 is 2.26 bits per heavy atom. The van der Waals surface area contributed by atoms with Crippen molar-refractivity contribution in [3.05, 3.63) is 59.0 Å². The monoisotopic (exact) mass is 274 g/mol. The zero-order valence-corrected chi connectivity index (χ0v) is 9.35. The molecule has 0 amide bonds. The minimum Gasteiger partial charge on any atom is -0.363 e. The molecule has 2 aromatic rings. The van der Waals surface area contributed by atoms with Gasteiger partial charge in [-0.1, -0.05) is 6.07 Å². The highest BCUT2D eigenvalue weighted by molar-refractivity contribution is 5.37. The zero-order valence-electron chi connectivity index (χ0n) is 9.35. The molecule has 0 spiro atoms. The predicted octanol–water partition coefficient (Wildman–Crippen LogP) is 3.39. The molecule has 0 saturated heterocycles. The maximum Gasteiger partial charge on any atom is 0.251 e. The van der Waals surface area contributed by atoms with Crippen LogP contribution in [0, 0.1) is 29.2 Å². The molecule has 1 aromatic heterocycles. The van der Waals surface area contributed by atoms with Gasteiger partial charge in [0.15, 0.2) is 29.1 Å². The number of hydrogen-bond donors (Lipinski definition) is 1. The number of nitrogens with one attached hydrogen (secondary N) is 1. The predicted molar refractivity (Wildman–Crippen MR) is 57.8 cm³/mol. The van der Waals surface area contributed by atoms with Gasteiger partial charge in [-0.25, -0.2) is 17.6 Å². The molecule has 0 atom stereocenters. The number of pyridine rings is 1. The summed E-state index contributed by atoms with van der Waals surface area (Å²) < 4.78 is 64.2. The zero-order chi connectivity index (χ0) is 14.0. The van der Waals surface area contributed by atoms with E-state index < -0.39 is 35.0 Å². The Morgan fingerprint density at radius 1 is 0.842 bits per heavy atom. The first kappa shape index (κ1) is 13.3. The van der Waals surface area contributed by atoms with E-state index in [9.17, 15) is 22.0 Å². The summed E-state index contributed by atoms with van der Waals surface area (Å²) in [6.07, 6.45) is 0. The number of halogens is 5. The van der Waals surface area contributed by atoms with Crippen LogP contribution in [-0.2, 0) is 6.54 Å². The standard InChI is InChI=1S/C12H7F5N2/c13-7-2-1-6(3-8(7)14)5-18-12-10(16)4-9(15)11(17)19-12/h1-4H,5H2,(H,18,19). The Bertz CT molecular complexity index is 615. The quantitative estimate of drug-likeness (QED) is 0.685. The summed E-state index contributed by atoms with van der Waals surface area (Å²) in [5, 5.41) is 2.36. The maximum atomic E-state index is 13.2. The van der Waals surface area contributed by atoms with Gasteiger partial charge in [-0.15, -0.1) is 0 Å². The fourth-order valence-corrected chi connectivity index (χ4v) is 1.40. The Balaban J connectivity index is 2.14. The van der Waals surface area contributed by atoms with E-state index >= 15 is 0 Å². The Labute approximate surface area is 104 Å². The number of anilines is 1. The highest BCUT2D eigenvalue weighted by Crippen LogP contribution is 2.16. The summed E-state index contributed by atoms with van der Waals surface area (Å²) in [7, 11) is 0. The Morgan fingerprint density at radius 2 is 1.58 bits per heavy atom. The molecule has 100 valence electrons. The van der Waals surface area contributed by atoms with Crippen molar-refractivity contribution in [2.75, 3.05) is 5.32 Å². The molecule has 1 aromatic carbocycles. The van der Waals surface area contributed by atoms with Gasteiger partial charge in [0.25, 0.3) is 5.95 Å². The lowest BCUT2D eigenvalue weighted by molar-refractivity contribution is 0.466. The number of benzene rings is 1. The molecule has 2 nitrogen and oxygen atoms in total. The van der Waals surface area contributed by atoms with Crippen LogP contribution >= 0.6 is 0 Å². The van der Waals surface area contributed by atoms with Crippen LogP contribution < -0.4 is 5.32 Å². The summed E-state index contributed by atoms with van der Waals surface area (Å²) in [5.41, 5.74) is 0.296. The number of rotatable bonds is 3. The largest absolute Gasteiger partial charge is 0.363 e. The van der Waals surface area contributed by atoms with E-state index in [2.05, 4.69) is 10.3 Å². The summed E-state index contributed by atoms with van der Waals surface area (Å²) in [4.78, 5) is 3.03. The van der Waals surface area contributed by atoms with Crippen LogP contribution in [0.1, 0.15) is 5.56 Å². The molecule has 0 fully saturated rings. The van der Waals surface area contributed by atoms with Gasteiger partial charge in [-0.2, -0.15) is 9.37 Å². The van der Waals surface area contributed by atoms with Crippen molar-refractivity contribution < 1.29 is 22.0 Å². The second-order valence-electron chi connectivity index (χ2n) is 3.69. The van der Waals surface area contributed by atoms with Crippen molar-refractivity contribution in [2.45, 2.75) is 6.54 Å². The molecular weight excluding hydrogens is 267 g/mol. The van der Waals surface area contributed by atoms with Gasteiger partial charge in [0.1, 0.15) is 0 Å². The van der Waals surface area contributed by atoms with Crippen molar-refractivity contribution in [1.29, 1.82) is 0 Å². The molecule has 0 bridgehead atoms. The molecule has 19 heavy (non-hydrogen) atoms. The van der Waals surface area contributed by atoms with Gasteiger partial charge in [0.2, 0.25) is 0 Å². The van der Waals surface area contributed by atoms with E-state index in [1.165, 1.54) is 6.07 Å². The minimum absolute atomic E-state index is 0.119. The van der Waals surface area contributed by atoms with E-state index in [0.29, 0.717) is 11.6 Å². The lowest BCUT2D eigenvalue weighted by Crippen LogP contribution is -2.06. The number of hydrogen-bond acceptors (Lipinski definition) is 2. The first-order chi connectivity index (χ1) is 8.97. The van der Waals surface area contributed by atoms with Gasteiger partial charge in [0, 0.05) is 12.6 Å². The Hall–Kier alpha value is -2.18. The van der Waals surface area contributed by atoms with Crippen LogP contribution in [0.3, 0.4) is 0 Å². The molecule has 0 aliphatic heterocycles. The SMILES string of the molecule is Fc1ccc(CNc2nc(F)c(F)cc2F)cc1F. The summed E-state index contributed by atoms with van der Waals surface area (Å²) in [5.74, 6) is -6.52. The molecule has 1 N–H and O–H groups in total. The lowest BCUT2D eigenvalue weighted by atomic mass is 10.2. The minimum atomic E-state index is -1.45. The van der Waals surface area contributed by atoms with E-state index in [1.807, 2.05) is 0 Å². The third-order valence-electron chi connectivity index (χ3n) is 2.33. The fraction of sp³-hybridized carbons (Fsp3) is 0.0833. The topological polar surface area (TPSA) is 24.9 Å². The molecule has 0 unspecified atom stereocenters. The smallest absolute Gasteiger partial charge is 0.251 e. The lowest BCUT2D eigenvalue weighted by Gasteiger charge is -2.07. The molecule has 1 heterocycles. The van der Waals surface area contributed by atoms with Crippen molar-refractivity contribution in [3.8, 4) is 0 Å². The van der Waals surface area contributed by atoms with Crippen LogP contribution in [0.4, 0.5) is 27.8 Å². The van der Waals surface area contributed by atoms with Crippen molar-refractivity contribution in [2.24, 2.45) is 0 Å². The van der Waals surface area contributed by atoms with Crippen LogP contribution in [0.15, 0.2) is 24.3 Å². The van der Waals surface area contributed by atoms with Crippen LogP contribution in [0.2, 0.25) is 0 Å². The van der Waals surface area contributed by atoms with E-state index in [-0.39, 0.29) is 6.54 Å². The van der Waals surface area contributed by atoms with Gasteiger partial charge < -0.3 is 5.32 Å². The fourth-order valence-electron chi connectivity index (χ4n) is 1.40. The molecule has 0 saturated carbocycles. The third kappa shape index (κ3) is 2.98. The average Bonchev–Trinajstić information content (AvgIpc) is 2.36. The highest BCUT2D eigenvalue weighted by Gasteiger charge is 2.11. The normalized spacial score (nSPS) is 10.6. The highest BCUT2D eigenvalue weighted by atomic mass is 19.2. The van der Waals surface area contributed by atoms with E-state index in [0.717, 1.165) is 12.1 Å².